The Morgan fingerprint density at radius 3 is 2.81 bits per heavy atom. The van der Waals surface area contributed by atoms with Crippen molar-refractivity contribution in [1.29, 1.82) is 0 Å². The molecule has 21 heavy (non-hydrogen) atoms. The average Bonchev–Trinajstić information content (AvgIpc) is 2.50. The minimum absolute atomic E-state index is 0.00202. The summed E-state index contributed by atoms with van der Waals surface area (Å²) < 4.78 is 6.05. The van der Waals surface area contributed by atoms with Gasteiger partial charge in [0.15, 0.2) is 5.78 Å². The first-order valence-electron chi connectivity index (χ1n) is 7.31. The van der Waals surface area contributed by atoms with E-state index < -0.39 is 0 Å². The minimum atomic E-state index is -0.0884. The van der Waals surface area contributed by atoms with Crippen molar-refractivity contribution >= 4 is 40.7 Å². The van der Waals surface area contributed by atoms with Gasteiger partial charge in [-0.05, 0) is 49.3 Å². The number of Topliss-reactive ketones (excluding diaryl/α,β-unsaturated/α-hetero) is 1. The summed E-state index contributed by atoms with van der Waals surface area (Å²) in [4.78, 5) is 12.8. The van der Waals surface area contributed by atoms with E-state index in [9.17, 15) is 4.79 Å². The van der Waals surface area contributed by atoms with Crippen LogP contribution in [0.15, 0.2) is 18.2 Å². The standard InChI is InChI=1S/C16H18Cl2O2S/c17-13-3-1-2-12(14(13)18)15(19)11-4-7-20-16(10-11)5-8-21-9-6-16/h1-3,11H,4-10H2. The number of rotatable bonds is 2. The Kier molecular flexibility index (Phi) is 4.84. The van der Waals surface area contributed by atoms with Crippen molar-refractivity contribution < 1.29 is 9.53 Å². The maximum atomic E-state index is 12.8. The summed E-state index contributed by atoms with van der Waals surface area (Å²) >= 11 is 14.2. The van der Waals surface area contributed by atoms with Gasteiger partial charge >= 0.3 is 0 Å². The molecule has 114 valence electrons. The van der Waals surface area contributed by atoms with Gasteiger partial charge < -0.3 is 4.74 Å². The molecule has 0 aliphatic carbocycles. The topological polar surface area (TPSA) is 26.3 Å². The van der Waals surface area contributed by atoms with Crippen LogP contribution in [-0.2, 0) is 4.74 Å². The second-order valence-electron chi connectivity index (χ2n) is 5.80. The van der Waals surface area contributed by atoms with Gasteiger partial charge in [0.25, 0.3) is 0 Å². The summed E-state index contributed by atoms with van der Waals surface area (Å²) in [7, 11) is 0. The Balaban J connectivity index is 1.79. The Bertz CT molecular complexity index is 536. The van der Waals surface area contributed by atoms with E-state index in [1.165, 1.54) is 0 Å². The third kappa shape index (κ3) is 3.26. The molecule has 0 radical (unpaired) electrons. The van der Waals surface area contributed by atoms with E-state index >= 15 is 0 Å². The molecule has 2 aliphatic rings. The lowest BCUT2D eigenvalue weighted by Crippen LogP contribution is -2.44. The highest BCUT2D eigenvalue weighted by molar-refractivity contribution is 7.99. The molecule has 1 atom stereocenters. The molecular weight excluding hydrogens is 327 g/mol. The van der Waals surface area contributed by atoms with Crippen molar-refractivity contribution in [3.05, 3.63) is 33.8 Å². The number of thioether (sulfide) groups is 1. The molecule has 0 saturated carbocycles. The predicted molar refractivity (Wildman–Crippen MR) is 88.8 cm³/mol. The van der Waals surface area contributed by atoms with Gasteiger partial charge in [-0.15, -0.1) is 0 Å². The third-order valence-electron chi connectivity index (χ3n) is 4.48. The van der Waals surface area contributed by atoms with Gasteiger partial charge in [0.05, 0.1) is 15.6 Å². The van der Waals surface area contributed by atoms with Gasteiger partial charge in [-0.2, -0.15) is 11.8 Å². The van der Waals surface area contributed by atoms with Crippen LogP contribution in [0.1, 0.15) is 36.0 Å². The second-order valence-corrected chi connectivity index (χ2v) is 7.81. The summed E-state index contributed by atoms with van der Waals surface area (Å²) in [5.74, 6) is 2.36. The lowest BCUT2D eigenvalue weighted by Gasteiger charge is -2.43. The van der Waals surface area contributed by atoms with E-state index in [0.717, 1.165) is 37.2 Å². The number of hydrogen-bond donors (Lipinski definition) is 0. The number of ether oxygens (including phenoxy) is 1. The molecule has 5 heteroatoms. The fourth-order valence-corrected chi connectivity index (χ4v) is 4.89. The van der Waals surface area contributed by atoms with E-state index in [-0.39, 0.29) is 17.3 Å². The maximum Gasteiger partial charge on any atom is 0.167 e. The Labute approximate surface area is 139 Å². The fourth-order valence-electron chi connectivity index (χ4n) is 3.26. The lowest BCUT2D eigenvalue weighted by molar-refractivity contribution is -0.0959. The Morgan fingerprint density at radius 1 is 1.29 bits per heavy atom. The quantitative estimate of drug-likeness (QED) is 0.716. The summed E-state index contributed by atoms with van der Waals surface area (Å²) in [6.07, 6.45) is 3.68. The SMILES string of the molecule is O=C(c1cccc(Cl)c1Cl)C1CCOC2(CCSCC2)C1. The average molecular weight is 345 g/mol. The van der Waals surface area contributed by atoms with Gasteiger partial charge in [-0.25, -0.2) is 0 Å². The molecular formula is C16H18Cl2O2S. The molecule has 2 aliphatic heterocycles. The van der Waals surface area contributed by atoms with Crippen molar-refractivity contribution in [2.75, 3.05) is 18.1 Å². The summed E-state index contributed by atoms with van der Waals surface area (Å²) in [5.41, 5.74) is 0.464. The molecule has 1 unspecified atom stereocenters. The Hall–Kier alpha value is -0.220. The number of halogens is 2. The highest BCUT2D eigenvalue weighted by Gasteiger charge is 2.41. The van der Waals surface area contributed by atoms with E-state index in [1.54, 1.807) is 18.2 Å². The predicted octanol–water partition coefficient (Wildman–Crippen LogP) is 4.87. The number of carbonyl (C=O) groups excluding carboxylic acids is 1. The normalized spacial score (nSPS) is 25.0. The maximum absolute atomic E-state index is 12.8. The van der Waals surface area contributed by atoms with Crippen molar-refractivity contribution in [3.8, 4) is 0 Å². The van der Waals surface area contributed by atoms with Gasteiger partial charge in [-0.3, -0.25) is 4.79 Å². The molecule has 0 bridgehead atoms. The van der Waals surface area contributed by atoms with E-state index in [4.69, 9.17) is 27.9 Å². The second kappa shape index (κ2) is 6.49. The first-order chi connectivity index (χ1) is 10.1. The van der Waals surface area contributed by atoms with Crippen LogP contribution in [0.3, 0.4) is 0 Å². The molecule has 0 amide bonds. The monoisotopic (exact) mass is 344 g/mol. The van der Waals surface area contributed by atoms with E-state index in [2.05, 4.69) is 0 Å². The highest BCUT2D eigenvalue weighted by Crippen LogP contribution is 2.41. The Morgan fingerprint density at radius 2 is 2.05 bits per heavy atom. The molecule has 2 saturated heterocycles. The van der Waals surface area contributed by atoms with Crippen LogP contribution in [0.5, 0.6) is 0 Å². The number of benzene rings is 1. The summed E-state index contributed by atoms with van der Waals surface area (Å²) in [6.45, 7) is 0.666. The van der Waals surface area contributed by atoms with Crippen LogP contribution in [0, 0.1) is 5.92 Å². The zero-order valence-electron chi connectivity index (χ0n) is 11.7. The molecule has 3 rings (SSSR count). The van der Waals surface area contributed by atoms with Crippen LogP contribution in [0.25, 0.3) is 0 Å². The van der Waals surface area contributed by atoms with Crippen LogP contribution >= 0.6 is 35.0 Å². The summed E-state index contributed by atoms with van der Waals surface area (Å²) in [6, 6.07) is 5.27. The number of ketones is 1. The van der Waals surface area contributed by atoms with Crippen LogP contribution < -0.4 is 0 Å². The fraction of sp³-hybridized carbons (Fsp3) is 0.562. The molecule has 1 aromatic rings. The smallest absolute Gasteiger partial charge is 0.167 e. The van der Waals surface area contributed by atoms with Gasteiger partial charge in [0, 0.05) is 18.1 Å². The van der Waals surface area contributed by atoms with Crippen LogP contribution in [0.2, 0.25) is 10.0 Å². The number of hydrogen-bond acceptors (Lipinski definition) is 3. The van der Waals surface area contributed by atoms with Crippen molar-refractivity contribution in [3.63, 3.8) is 0 Å². The van der Waals surface area contributed by atoms with E-state index in [0.29, 0.717) is 22.2 Å². The minimum Gasteiger partial charge on any atom is -0.375 e. The largest absolute Gasteiger partial charge is 0.375 e. The molecule has 1 spiro atoms. The van der Waals surface area contributed by atoms with Gasteiger partial charge in [-0.1, -0.05) is 29.3 Å². The number of carbonyl (C=O) groups is 1. The van der Waals surface area contributed by atoms with Crippen LogP contribution in [-0.4, -0.2) is 29.5 Å². The van der Waals surface area contributed by atoms with Gasteiger partial charge in [0.2, 0.25) is 0 Å². The highest BCUT2D eigenvalue weighted by atomic mass is 35.5. The van der Waals surface area contributed by atoms with Crippen molar-refractivity contribution in [2.24, 2.45) is 5.92 Å². The first kappa shape index (κ1) is 15.7. The molecule has 1 aromatic carbocycles. The molecule has 2 nitrogen and oxygen atoms in total. The zero-order chi connectivity index (χ0) is 14.9. The van der Waals surface area contributed by atoms with Crippen LogP contribution in [0.4, 0.5) is 0 Å². The first-order valence-corrected chi connectivity index (χ1v) is 9.22. The summed E-state index contributed by atoms with van der Waals surface area (Å²) in [5, 5.41) is 0.822. The zero-order valence-corrected chi connectivity index (χ0v) is 14.1. The van der Waals surface area contributed by atoms with Gasteiger partial charge in [0.1, 0.15) is 0 Å². The molecule has 0 N–H and O–H groups in total. The van der Waals surface area contributed by atoms with E-state index in [1.807, 2.05) is 11.8 Å². The van der Waals surface area contributed by atoms with Crippen molar-refractivity contribution in [2.45, 2.75) is 31.3 Å². The van der Waals surface area contributed by atoms with Crippen molar-refractivity contribution in [1.82, 2.24) is 0 Å². The molecule has 0 aromatic heterocycles. The molecule has 2 fully saturated rings. The lowest BCUT2D eigenvalue weighted by atomic mass is 9.79. The third-order valence-corrected chi connectivity index (χ3v) is 6.29. The molecule has 2 heterocycles.